The monoisotopic (exact) mass is 244 g/mol. The highest BCUT2D eigenvalue weighted by Crippen LogP contribution is 2.00. The predicted octanol–water partition coefficient (Wildman–Crippen LogP) is 1.42. The molecule has 0 saturated carbocycles. The highest BCUT2D eigenvalue weighted by Gasteiger charge is 1.96. The molecule has 0 aliphatic heterocycles. The molecule has 1 aromatic carbocycles. The summed E-state index contributed by atoms with van der Waals surface area (Å²) < 4.78 is 0. The number of carbonyl (C=O) groups is 2. The summed E-state index contributed by atoms with van der Waals surface area (Å²) in [5.41, 5.74) is 0.945. The standard InChI is InChI=1S/C14H16N2O2/c1-16(2)14(18)10-11-15-13(17)9-8-12-6-4-3-5-7-12/h3-11H,1-2H3,(H,15,17)/b9-8+,11-10-. The van der Waals surface area contributed by atoms with Crippen molar-refractivity contribution in [2.45, 2.75) is 0 Å². The van der Waals surface area contributed by atoms with E-state index in [0.717, 1.165) is 5.56 Å². The van der Waals surface area contributed by atoms with Gasteiger partial charge in [0.2, 0.25) is 11.8 Å². The smallest absolute Gasteiger partial charge is 0.247 e. The van der Waals surface area contributed by atoms with E-state index in [2.05, 4.69) is 5.32 Å². The fourth-order valence-corrected chi connectivity index (χ4v) is 1.13. The van der Waals surface area contributed by atoms with Crippen LogP contribution in [0.1, 0.15) is 5.56 Å². The minimum Gasteiger partial charge on any atom is -0.345 e. The van der Waals surface area contributed by atoms with Gasteiger partial charge in [-0.25, -0.2) is 0 Å². The van der Waals surface area contributed by atoms with Gasteiger partial charge in [0.15, 0.2) is 0 Å². The van der Waals surface area contributed by atoms with E-state index in [1.807, 2.05) is 30.3 Å². The summed E-state index contributed by atoms with van der Waals surface area (Å²) in [6.45, 7) is 0. The maximum atomic E-state index is 11.4. The average molecular weight is 244 g/mol. The van der Waals surface area contributed by atoms with Gasteiger partial charge in [-0.15, -0.1) is 0 Å². The van der Waals surface area contributed by atoms with Crippen LogP contribution in [0.5, 0.6) is 0 Å². The van der Waals surface area contributed by atoms with E-state index in [1.54, 1.807) is 20.2 Å². The number of amides is 2. The van der Waals surface area contributed by atoms with E-state index in [4.69, 9.17) is 0 Å². The van der Waals surface area contributed by atoms with Gasteiger partial charge in [0.05, 0.1) is 0 Å². The number of rotatable bonds is 4. The Kier molecular flexibility index (Phi) is 5.38. The quantitative estimate of drug-likeness (QED) is 0.814. The summed E-state index contributed by atoms with van der Waals surface area (Å²) in [6, 6.07) is 9.50. The van der Waals surface area contributed by atoms with Gasteiger partial charge in [-0.1, -0.05) is 30.3 Å². The van der Waals surface area contributed by atoms with Crippen LogP contribution in [-0.4, -0.2) is 30.8 Å². The maximum Gasteiger partial charge on any atom is 0.247 e. The van der Waals surface area contributed by atoms with Crippen LogP contribution in [0.25, 0.3) is 6.08 Å². The third-order valence-corrected chi connectivity index (χ3v) is 2.12. The van der Waals surface area contributed by atoms with Crippen LogP contribution in [-0.2, 0) is 9.59 Å². The molecule has 0 aliphatic rings. The summed E-state index contributed by atoms with van der Waals surface area (Å²) in [5, 5.41) is 2.48. The molecule has 4 heteroatoms. The van der Waals surface area contributed by atoms with Crippen LogP contribution in [0.3, 0.4) is 0 Å². The van der Waals surface area contributed by atoms with E-state index in [9.17, 15) is 9.59 Å². The van der Waals surface area contributed by atoms with Crippen molar-refractivity contribution in [3.05, 3.63) is 54.2 Å². The number of carbonyl (C=O) groups excluding carboxylic acids is 2. The molecule has 0 aromatic heterocycles. The third kappa shape index (κ3) is 5.12. The zero-order chi connectivity index (χ0) is 13.4. The van der Waals surface area contributed by atoms with Crippen molar-refractivity contribution in [1.29, 1.82) is 0 Å². The van der Waals surface area contributed by atoms with Gasteiger partial charge in [-0.05, 0) is 11.6 Å². The Morgan fingerprint density at radius 1 is 1.11 bits per heavy atom. The molecule has 0 atom stereocenters. The Labute approximate surface area is 107 Å². The fourth-order valence-electron chi connectivity index (χ4n) is 1.13. The van der Waals surface area contributed by atoms with Gasteiger partial charge in [0.1, 0.15) is 0 Å². The lowest BCUT2D eigenvalue weighted by Gasteiger charge is -2.04. The molecule has 0 spiro atoms. The van der Waals surface area contributed by atoms with Crippen molar-refractivity contribution in [3.63, 3.8) is 0 Å². The summed E-state index contributed by atoms with van der Waals surface area (Å²) in [5.74, 6) is -0.455. The van der Waals surface area contributed by atoms with Crippen LogP contribution in [0, 0.1) is 0 Å². The molecule has 0 fully saturated rings. The SMILES string of the molecule is CN(C)C(=O)/C=C\NC(=O)/C=C/c1ccccc1. The van der Waals surface area contributed by atoms with Gasteiger partial charge in [0.25, 0.3) is 0 Å². The van der Waals surface area contributed by atoms with E-state index >= 15 is 0 Å². The second-order valence-electron chi connectivity index (χ2n) is 3.82. The summed E-state index contributed by atoms with van der Waals surface area (Å²) >= 11 is 0. The van der Waals surface area contributed by atoms with E-state index in [-0.39, 0.29) is 11.8 Å². The molecule has 94 valence electrons. The number of likely N-dealkylation sites (N-methyl/N-ethyl adjacent to an activating group) is 1. The van der Waals surface area contributed by atoms with Gasteiger partial charge in [0, 0.05) is 32.4 Å². The molecular weight excluding hydrogens is 228 g/mol. The molecule has 0 bridgehead atoms. The lowest BCUT2D eigenvalue weighted by molar-refractivity contribution is -0.123. The molecular formula is C14H16N2O2. The molecule has 1 rings (SSSR count). The summed E-state index contributed by atoms with van der Waals surface area (Å²) in [6.07, 6.45) is 5.75. The van der Waals surface area contributed by atoms with Crippen molar-refractivity contribution in [2.75, 3.05) is 14.1 Å². The number of hydrogen-bond donors (Lipinski definition) is 1. The number of hydrogen-bond acceptors (Lipinski definition) is 2. The van der Waals surface area contributed by atoms with Crippen molar-refractivity contribution in [3.8, 4) is 0 Å². The fraction of sp³-hybridized carbons (Fsp3) is 0.143. The minimum absolute atomic E-state index is 0.178. The van der Waals surface area contributed by atoms with Crippen LogP contribution in [0.4, 0.5) is 0 Å². The third-order valence-electron chi connectivity index (χ3n) is 2.12. The summed E-state index contributed by atoms with van der Waals surface area (Å²) in [4.78, 5) is 24.0. The second kappa shape index (κ2) is 7.06. The zero-order valence-electron chi connectivity index (χ0n) is 10.5. The van der Waals surface area contributed by atoms with Crippen LogP contribution in [0.15, 0.2) is 48.7 Å². The molecule has 4 nitrogen and oxygen atoms in total. The number of nitrogens with one attached hydrogen (secondary N) is 1. The van der Waals surface area contributed by atoms with Crippen LogP contribution >= 0.6 is 0 Å². The first-order valence-electron chi connectivity index (χ1n) is 5.51. The molecule has 0 aliphatic carbocycles. The van der Waals surface area contributed by atoms with Gasteiger partial charge in [-0.2, -0.15) is 0 Å². The van der Waals surface area contributed by atoms with Crippen molar-refractivity contribution in [1.82, 2.24) is 10.2 Å². The predicted molar refractivity (Wildman–Crippen MR) is 71.5 cm³/mol. The largest absolute Gasteiger partial charge is 0.345 e. The minimum atomic E-state index is -0.276. The van der Waals surface area contributed by atoms with Gasteiger partial charge in [-0.3, -0.25) is 9.59 Å². The first-order valence-corrected chi connectivity index (χ1v) is 5.51. The maximum absolute atomic E-state index is 11.4. The lowest BCUT2D eigenvalue weighted by atomic mass is 10.2. The highest BCUT2D eigenvalue weighted by molar-refractivity contribution is 5.93. The Bertz CT molecular complexity index is 462. The van der Waals surface area contributed by atoms with Crippen LogP contribution in [0.2, 0.25) is 0 Å². The first kappa shape index (κ1) is 13.7. The normalized spacial score (nSPS) is 10.8. The molecule has 1 N–H and O–H groups in total. The average Bonchev–Trinajstić information content (AvgIpc) is 2.37. The van der Waals surface area contributed by atoms with E-state index < -0.39 is 0 Å². The van der Waals surface area contributed by atoms with Gasteiger partial charge >= 0.3 is 0 Å². The number of benzene rings is 1. The Morgan fingerprint density at radius 2 is 1.78 bits per heavy atom. The Morgan fingerprint density at radius 3 is 2.39 bits per heavy atom. The van der Waals surface area contributed by atoms with Crippen molar-refractivity contribution in [2.24, 2.45) is 0 Å². The molecule has 0 radical (unpaired) electrons. The molecule has 0 heterocycles. The molecule has 0 saturated heterocycles. The Hall–Kier alpha value is -2.36. The van der Waals surface area contributed by atoms with Crippen molar-refractivity contribution < 1.29 is 9.59 Å². The first-order chi connectivity index (χ1) is 8.59. The Balaban J connectivity index is 2.43. The number of nitrogens with zero attached hydrogens (tertiary/aromatic N) is 1. The summed E-state index contributed by atoms with van der Waals surface area (Å²) in [7, 11) is 3.29. The van der Waals surface area contributed by atoms with Crippen LogP contribution < -0.4 is 5.32 Å². The van der Waals surface area contributed by atoms with E-state index in [0.29, 0.717) is 0 Å². The zero-order valence-corrected chi connectivity index (χ0v) is 10.5. The van der Waals surface area contributed by atoms with Crippen molar-refractivity contribution >= 4 is 17.9 Å². The van der Waals surface area contributed by atoms with Gasteiger partial charge < -0.3 is 10.2 Å². The molecule has 0 unspecified atom stereocenters. The highest BCUT2D eigenvalue weighted by atomic mass is 16.2. The molecule has 2 amide bonds. The lowest BCUT2D eigenvalue weighted by Crippen LogP contribution is -2.21. The second-order valence-corrected chi connectivity index (χ2v) is 3.82. The molecule has 18 heavy (non-hydrogen) atoms. The molecule has 1 aromatic rings. The van der Waals surface area contributed by atoms with E-state index in [1.165, 1.54) is 23.3 Å². The topological polar surface area (TPSA) is 49.4 Å².